The second kappa shape index (κ2) is 5.90. The molecule has 0 spiro atoms. The number of hydrogen-bond donors (Lipinski definition) is 2. The number of imidazole rings is 1. The smallest absolute Gasteiger partial charge is 0.126 e. The third kappa shape index (κ3) is 3.36. The molecule has 2 aromatic rings. The van der Waals surface area contributed by atoms with Gasteiger partial charge in [-0.3, -0.25) is 11.3 Å². The summed E-state index contributed by atoms with van der Waals surface area (Å²) < 4.78 is 28.3. The second-order valence-electron chi connectivity index (χ2n) is 4.42. The highest BCUT2D eigenvalue weighted by Crippen LogP contribution is 2.20. The van der Waals surface area contributed by atoms with Crippen LogP contribution in [-0.2, 0) is 13.5 Å². The molecule has 3 N–H and O–H groups in total. The predicted molar refractivity (Wildman–Crippen MR) is 68.0 cm³/mol. The van der Waals surface area contributed by atoms with Crippen LogP contribution in [-0.4, -0.2) is 9.55 Å². The molecule has 0 saturated heterocycles. The first-order valence-corrected chi connectivity index (χ1v) is 5.98. The maximum Gasteiger partial charge on any atom is 0.126 e. The van der Waals surface area contributed by atoms with Crippen LogP contribution in [0, 0.1) is 11.6 Å². The van der Waals surface area contributed by atoms with E-state index in [1.807, 2.05) is 17.8 Å². The number of hydrazine groups is 1. The Morgan fingerprint density at radius 2 is 2.00 bits per heavy atom. The summed E-state index contributed by atoms with van der Waals surface area (Å²) in [5, 5.41) is 0. The molecular formula is C13H16F2N4. The third-order valence-electron chi connectivity index (χ3n) is 3.07. The van der Waals surface area contributed by atoms with E-state index in [-0.39, 0.29) is 6.04 Å². The van der Waals surface area contributed by atoms with Crippen molar-refractivity contribution < 1.29 is 8.78 Å². The first kappa shape index (κ1) is 13.6. The fourth-order valence-electron chi connectivity index (χ4n) is 2.03. The number of rotatable bonds is 5. The number of nitrogens with one attached hydrogen (secondary N) is 1. The van der Waals surface area contributed by atoms with Crippen molar-refractivity contribution in [2.75, 3.05) is 0 Å². The van der Waals surface area contributed by atoms with E-state index in [9.17, 15) is 8.78 Å². The number of halogens is 2. The summed E-state index contributed by atoms with van der Waals surface area (Å²) in [6, 6.07) is 3.09. The summed E-state index contributed by atoms with van der Waals surface area (Å²) in [7, 11) is 1.90. The number of nitrogens with zero attached hydrogens (tertiary/aromatic N) is 2. The van der Waals surface area contributed by atoms with E-state index in [4.69, 9.17) is 5.84 Å². The quantitative estimate of drug-likeness (QED) is 0.641. The summed E-state index contributed by atoms with van der Waals surface area (Å²) in [6.45, 7) is 0. The van der Waals surface area contributed by atoms with Gasteiger partial charge in [0.1, 0.15) is 17.5 Å². The number of benzene rings is 1. The molecule has 0 aliphatic heterocycles. The Morgan fingerprint density at radius 3 is 2.53 bits per heavy atom. The largest absolute Gasteiger partial charge is 0.338 e. The van der Waals surface area contributed by atoms with Gasteiger partial charge in [0.05, 0.1) is 0 Å². The standard InChI is InChI=1S/C13H16F2N4/c1-19-5-4-17-13(19)3-2-12(18-16)9-6-10(14)8-11(15)7-9/h4-8,12,18H,2-3,16H2,1H3. The van der Waals surface area contributed by atoms with Crippen LogP contribution in [0.3, 0.4) is 0 Å². The zero-order valence-corrected chi connectivity index (χ0v) is 10.6. The van der Waals surface area contributed by atoms with E-state index in [2.05, 4.69) is 10.4 Å². The lowest BCUT2D eigenvalue weighted by Crippen LogP contribution is -2.28. The Hall–Kier alpha value is -1.79. The zero-order valence-electron chi connectivity index (χ0n) is 10.6. The van der Waals surface area contributed by atoms with Gasteiger partial charge in [-0.2, -0.15) is 0 Å². The summed E-state index contributed by atoms with van der Waals surface area (Å²) in [5.74, 6) is 5.15. The van der Waals surface area contributed by atoms with Crippen LogP contribution in [0.1, 0.15) is 23.9 Å². The first-order chi connectivity index (χ1) is 9.10. The highest BCUT2D eigenvalue weighted by Gasteiger charge is 2.13. The Morgan fingerprint density at radius 1 is 1.32 bits per heavy atom. The molecule has 0 bridgehead atoms. The fourth-order valence-corrected chi connectivity index (χ4v) is 2.03. The summed E-state index contributed by atoms with van der Waals surface area (Å²) >= 11 is 0. The topological polar surface area (TPSA) is 55.9 Å². The molecule has 0 fully saturated rings. The van der Waals surface area contributed by atoms with Crippen molar-refractivity contribution in [3.63, 3.8) is 0 Å². The van der Waals surface area contributed by atoms with Gasteiger partial charge in [-0.25, -0.2) is 13.8 Å². The Balaban J connectivity index is 2.09. The summed E-state index contributed by atoms with van der Waals surface area (Å²) in [5.41, 5.74) is 3.08. The van der Waals surface area contributed by atoms with Crippen LogP contribution in [0.5, 0.6) is 0 Å². The van der Waals surface area contributed by atoms with Crippen molar-refractivity contribution in [1.29, 1.82) is 0 Å². The zero-order chi connectivity index (χ0) is 13.8. The lowest BCUT2D eigenvalue weighted by Gasteiger charge is -2.16. The van der Waals surface area contributed by atoms with E-state index in [1.54, 1.807) is 6.20 Å². The van der Waals surface area contributed by atoms with E-state index >= 15 is 0 Å². The van der Waals surface area contributed by atoms with Gasteiger partial charge in [0.2, 0.25) is 0 Å². The van der Waals surface area contributed by atoms with E-state index in [0.717, 1.165) is 11.9 Å². The van der Waals surface area contributed by atoms with Crippen LogP contribution >= 0.6 is 0 Å². The number of nitrogens with two attached hydrogens (primary N) is 1. The third-order valence-corrected chi connectivity index (χ3v) is 3.07. The lowest BCUT2D eigenvalue weighted by atomic mass is 10.0. The van der Waals surface area contributed by atoms with Crippen LogP contribution in [0.15, 0.2) is 30.6 Å². The lowest BCUT2D eigenvalue weighted by molar-refractivity contribution is 0.496. The van der Waals surface area contributed by atoms with Gasteiger partial charge in [0.25, 0.3) is 0 Å². The molecule has 0 saturated carbocycles. The molecule has 0 aliphatic carbocycles. The van der Waals surface area contributed by atoms with Gasteiger partial charge in [0, 0.05) is 38.0 Å². The highest BCUT2D eigenvalue weighted by atomic mass is 19.1. The maximum absolute atomic E-state index is 13.2. The van der Waals surface area contributed by atoms with Gasteiger partial charge in [0.15, 0.2) is 0 Å². The maximum atomic E-state index is 13.2. The summed E-state index contributed by atoms with van der Waals surface area (Å²) in [6.07, 6.45) is 4.82. The molecule has 0 amide bonds. The van der Waals surface area contributed by atoms with Crippen LogP contribution < -0.4 is 11.3 Å². The predicted octanol–water partition coefficient (Wildman–Crippen LogP) is 1.84. The highest BCUT2D eigenvalue weighted by molar-refractivity contribution is 5.21. The molecule has 19 heavy (non-hydrogen) atoms. The van der Waals surface area contributed by atoms with E-state index in [1.165, 1.54) is 12.1 Å². The molecule has 1 aromatic heterocycles. The normalized spacial score (nSPS) is 12.6. The molecule has 1 aromatic carbocycles. The SMILES string of the molecule is Cn1ccnc1CCC(NN)c1cc(F)cc(F)c1. The second-order valence-corrected chi connectivity index (χ2v) is 4.42. The van der Waals surface area contributed by atoms with Crippen molar-refractivity contribution in [1.82, 2.24) is 15.0 Å². The molecule has 1 heterocycles. The van der Waals surface area contributed by atoms with Gasteiger partial charge < -0.3 is 4.57 Å². The number of aromatic nitrogens is 2. The van der Waals surface area contributed by atoms with Gasteiger partial charge in [-0.15, -0.1) is 0 Å². The molecule has 4 nitrogen and oxygen atoms in total. The molecular weight excluding hydrogens is 250 g/mol. The van der Waals surface area contributed by atoms with E-state index in [0.29, 0.717) is 18.4 Å². The molecule has 1 unspecified atom stereocenters. The minimum Gasteiger partial charge on any atom is -0.338 e. The monoisotopic (exact) mass is 266 g/mol. The number of hydrogen-bond acceptors (Lipinski definition) is 3. The molecule has 2 rings (SSSR count). The van der Waals surface area contributed by atoms with Crippen molar-refractivity contribution in [3.8, 4) is 0 Å². The fraction of sp³-hybridized carbons (Fsp3) is 0.308. The molecule has 0 aliphatic rings. The molecule has 102 valence electrons. The van der Waals surface area contributed by atoms with Crippen molar-refractivity contribution in [2.24, 2.45) is 12.9 Å². The number of aryl methyl sites for hydroxylation is 2. The van der Waals surface area contributed by atoms with E-state index < -0.39 is 11.6 Å². The van der Waals surface area contributed by atoms with Crippen LogP contribution in [0.25, 0.3) is 0 Å². The van der Waals surface area contributed by atoms with Gasteiger partial charge in [-0.1, -0.05) is 0 Å². The van der Waals surface area contributed by atoms with Crippen molar-refractivity contribution in [2.45, 2.75) is 18.9 Å². The van der Waals surface area contributed by atoms with Gasteiger partial charge >= 0.3 is 0 Å². The molecule has 1 atom stereocenters. The Bertz CT molecular complexity index is 533. The Labute approximate surface area is 110 Å². The molecule has 0 radical (unpaired) electrons. The van der Waals surface area contributed by atoms with Crippen molar-refractivity contribution >= 4 is 0 Å². The minimum absolute atomic E-state index is 0.318. The molecule has 6 heteroatoms. The summed E-state index contributed by atoms with van der Waals surface area (Å²) in [4.78, 5) is 4.20. The Kier molecular flexibility index (Phi) is 4.24. The average molecular weight is 266 g/mol. The minimum atomic E-state index is -0.604. The van der Waals surface area contributed by atoms with Crippen molar-refractivity contribution in [3.05, 3.63) is 53.6 Å². The average Bonchev–Trinajstić information content (AvgIpc) is 2.75. The van der Waals surface area contributed by atoms with Gasteiger partial charge in [-0.05, 0) is 24.1 Å². The van der Waals surface area contributed by atoms with Crippen LogP contribution in [0.2, 0.25) is 0 Å². The van der Waals surface area contributed by atoms with Crippen LogP contribution in [0.4, 0.5) is 8.78 Å². The first-order valence-electron chi connectivity index (χ1n) is 5.98.